The van der Waals surface area contributed by atoms with E-state index in [-0.39, 0.29) is 17.7 Å². The van der Waals surface area contributed by atoms with E-state index in [1.54, 1.807) is 57.3 Å². The van der Waals surface area contributed by atoms with Crippen LogP contribution >= 0.6 is 7.75 Å². The van der Waals surface area contributed by atoms with Crippen LogP contribution in [0.2, 0.25) is 0 Å². The van der Waals surface area contributed by atoms with Crippen molar-refractivity contribution in [2.75, 3.05) is 5.73 Å². The zero-order valence-electron chi connectivity index (χ0n) is 21.1. The molecule has 1 saturated carbocycles. The Bertz CT molecular complexity index is 1300. The first-order valence-electron chi connectivity index (χ1n) is 11.7. The Morgan fingerprint density at radius 2 is 1.89 bits per heavy atom. The first-order chi connectivity index (χ1) is 17.4. The molecule has 2 heterocycles. The summed E-state index contributed by atoms with van der Waals surface area (Å²) in [6, 6.07) is 7.32. The summed E-state index contributed by atoms with van der Waals surface area (Å²) >= 11 is 0. The molecule has 0 radical (unpaired) electrons. The Morgan fingerprint density at radius 1 is 1.19 bits per heavy atom. The number of esters is 1. The van der Waals surface area contributed by atoms with Crippen LogP contribution in [0.1, 0.15) is 46.4 Å². The molecule has 0 amide bonds. The molecule has 13 nitrogen and oxygen atoms in total. The molecule has 4 rings (SSSR count). The lowest BCUT2D eigenvalue weighted by molar-refractivity contribution is -0.149. The summed E-state index contributed by atoms with van der Waals surface area (Å²) in [5.74, 6) is -0.173. The van der Waals surface area contributed by atoms with Crippen molar-refractivity contribution in [3.63, 3.8) is 0 Å². The number of aliphatic hydroxyl groups is 1. The fraction of sp³-hybridized carbons (Fsp3) is 0.478. The highest BCUT2D eigenvalue weighted by molar-refractivity contribution is 7.52. The monoisotopic (exact) mass is 534 g/mol. The van der Waals surface area contributed by atoms with Crippen LogP contribution in [0.4, 0.5) is 5.82 Å². The first kappa shape index (κ1) is 27.0. The molecule has 2 aromatic heterocycles. The Hall–Kier alpha value is -3.09. The van der Waals surface area contributed by atoms with E-state index in [0.717, 1.165) is 0 Å². The molecule has 0 aliphatic heterocycles. The number of rotatable bonds is 11. The smallest absolute Gasteiger partial charge is 0.459 e. The molecule has 0 bridgehead atoms. The van der Waals surface area contributed by atoms with Crippen molar-refractivity contribution in [3.05, 3.63) is 48.5 Å². The van der Waals surface area contributed by atoms with Gasteiger partial charge in [0, 0.05) is 0 Å². The van der Waals surface area contributed by atoms with E-state index in [1.165, 1.54) is 24.7 Å². The summed E-state index contributed by atoms with van der Waals surface area (Å²) in [5, 5.41) is 17.7. The lowest BCUT2D eigenvalue weighted by Crippen LogP contribution is -2.36. The van der Waals surface area contributed by atoms with Gasteiger partial charge in [0.25, 0.3) is 0 Å². The summed E-state index contributed by atoms with van der Waals surface area (Å²) in [5.41, 5.74) is 5.29. The predicted octanol–water partition coefficient (Wildman–Crippen LogP) is 2.42. The van der Waals surface area contributed by atoms with Crippen molar-refractivity contribution in [2.24, 2.45) is 0 Å². The van der Waals surface area contributed by atoms with Crippen LogP contribution in [0.15, 0.2) is 42.9 Å². The van der Waals surface area contributed by atoms with Crippen LogP contribution in [0.5, 0.6) is 5.75 Å². The second-order valence-corrected chi connectivity index (χ2v) is 10.9. The van der Waals surface area contributed by atoms with E-state index >= 15 is 0 Å². The van der Waals surface area contributed by atoms with Gasteiger partial charge >= 0.3 is 13.7 Å². The Morgan fingerprint density at radius 3 is 2.57 bits per heavy atom. The summed E-state index contributed by atoms with van der Waals surface area (Å²) in [7, 11) is -4.20. The SMILES string of the molecule is CC(C)OC(=O)[C@H](C)N[P@](=O)(Oc1ccccc1)O[C@H]1[C@@H](O[C@H](C)c2cnc3c(N)ncnn23)[C@]1(C)O. The molecule has 14 heteroatoms. The van der Waals surface area contributed by atoms with E-state index in [4.69, 9.17) is 24.3 Å². The van der Waals surface area contributed by atoms with Crippen molar-refractivity contribution in [3.8, 4) is 5.75 Å². The number of nitrogens with two attached hydrogens (primary N) is 1. The largest absolute Gasteiger partial charge is 0.462 e. The lowest BCUT2D eigenvalue weighted by Gasteiger charge is -2.23. The molecule has 4 N–H and O–H groups in total. The van der Waals surface area contributed by atoms with E-state index in [0.29, 0.717) is 11.3 Å². The maximum Gasteiger partial charge on any atom is 0.459 e. The van der Waals surface area contributed by atoms with Crippen LogP contribution in [0, 0.1) is 0 Å². The van der Waals surface area contributed by atoms with Crippen molar-refractivity contribution < 1.29 is 33.0 Å². The number of benzene rings is 1. The number of anilines is 1. The van der Waals surface area contributed by atoms with Crippen LogP contribution in [0.25, 0.3) is 5.65 Å². The molecule has 200 valence electrons. The number of carbonyl (C=O) groups excluding carboxylic acids is 1. The number of para-hydroxylation sites is 1. The highest BCUT2D eigenvalue weighted by Crippen LogP contribution is 2.55. The zero-order valence-corrected chi connectivity index (χ0v) is 22.0. The lowest BCUT2D eigenvalue weighted by atomic mass is 10.3. The maximum absolute atomic E-state index is 13.8. The van der Waals surface area contributed by atoms with Crippen molar-refractivity contribution in [1.82, 2.24) is 24.7 Å². The van der Waals surface area contributed by atoms with Gasteiger partial charge in [-0.15, -0.1) is 0 Å². The average Bonchev–Trinajstić information content (AvgIpc) is 3.14. The molecule has 0 spiro atoms. The Kier molecular flexibility index (Phi) is 7.54. The Labute approximate surface area is 213 Å². The van der Waals surface area contributed by atoms with E-state index in [9.17, 15) is 14.5 Å². The van der Waals surface area contributed by atoms with Gasteiger partial charge in [-0.25, -0.2) is 19.0 Å². The summed E-state index contributed by atoms with van der Waals surface area (Å²) in [4.78, 5) is 20.5. The van der Waals surface area contributed by atoms with Crippen LogP contribution in [-0.4, -0.2) is 60.6 Å². The number of ether oxygens (including phenoxy) is 2. The van der Waals surface area contributed by atoms with E-state index in [1.807, 2.05) is 0 Å². The molecule has 1 aliphatic rings. The number of fused-ring (bicyclic) bond motifs is 1. The minimum absolute atomic E-state index is 0.211. The third-order valence-corrected chi connectivity index (χ3v) is 7.38. The fourth-order valence-electron chi connectivity index (χ4n) is 3.69. The Balaban J connectivity index is 1.51. The number of nitrogens with zero attached hydrogens (tertiary/aromatic N) is 4. The van der Waals surface area contributed by atoms with Gasteiger partial charge in [-0.3, -0.25) is 9.32 Å². The highest BCUT2D eigenvalue weighted by Gasteiger charge is 2.67. The minimum atomic E-state index is -4.20. The third kappa shape index (κ3) is 5.91. The van der Waals surface area contributed by atoms with Gasteiger partial charge in [0.05, 0.1) is 24.1 Å². The van der Waals surface area contributed by atoms with Crippen molar-refractivity contribution in [1.29, 1.82) is 0 Å². The minimum Gasteiger partial charge on any atom is -0.462 e. The number of carbonyl (C=O) groups is 1. The van der Waals surface area contributed by atoms with Crippen molar-refractivity contribution >= 4 is 25.2 Å². The third-order valence-electron chi connectivity index (χ3n) is 5.72. The molecular formula is C23H31N6O7P. The van der Waals surface area contributed by atoms with Gasteiger partial charge in [0.15, 0.2) is 11.5 Å². The molecule has 6 atom stereocenters. The number of nitrogen functional groups attached to an aromatic ring is 1. The second-order valence-electron chi connectivity index (χ2n) is 9.25. The second kappa shape index (κ2) is 10.3. The molecule has 37 heavy (non-hydrogen) atoms. The van der Waals surface area contributed by atoms with E-state index < -0.39 is 43.7 Å². The average molecular weight is 535 g/mol. The number of hydrogen-bond acceptors (Lipinski definition) is 11. The van der Waals surface area contributed by atoms with Gasteiger partial charge < -0.3 is 24.8 Å². The molecule has 1 aromatic carbocycles. The number of aromatic nitrogens is 4. The van der Waals surface area contributed by atoms with Crippen molar-refractivity contribution in [2.45, 2.75) is 70.7 Å². The molecular weight excluding hydrogens is 503 g/mol. The van der Waals surface area contributed by atoms with Gasteiger partial charge in [-0.05, 0) is 46.8 Å². The molecule has 0 unspecified atom stereocenters. The molecule has 1 fully saturated rings. The highest BCUT2D eigenvalue weighted by atomic mass is 31.2. The zero-order chi connectivity index (χ0) is 27.0. The van der Waals surface area contributed by atoms with Gasteiger partial charge in [-0.1, -0.05) is 18.2 Å². The predicted molar refractivity (Wildman–Crippen MR) is 132 cm³/mol. The topological polar surface area (TPSA) is 172 Å². The molecule has 0 saturated heterocycles. The summed E-state index contributed by atoms with van der Waals surface area (Å²) in [6.07, 6.45) is -0.0324. The van der Waals surface area contributed by atoms with Crippen LogP contribution < -0.4 is 15.3 Å². The van der Waals surface area contributed by atoms with Gasteiger partial charge in [0.1, 0.15) is 35.9 Å². The maximum atomic E-state index is 13.8. The number of nitrogens with one attached hydrogen (secondary N) is 1. The van der Waals surface area contributed by atoms with Gasteiger partial charge in [0.2, 0.25) is 0 Å². The summed E-state index contributed by atoms with van der Waals surface area (Å²) < 4.78 is 38.0. The number of hydrogen-bond donors (Lipinski definition) is 3. The molecule has 1 aliphatic carbocycles. The number of imidazole rings is 1. The van der Waals surface area contributed by atoms with E-state index in [2.05, 4.69) is 20.2 Å². The standard InChI is InChI=1S/C23H31N6O7P/c1-13(2)33-22(30)14(3)28-37(32,35-16-9-7-6-8-10-16)36-19-18(23(19,5)31)34-15(4)17-11-25-21-20(24)26-12-27-29(17)21/h6-15,18-19,31H,1-5H3,(H,28,32)(H2,24,26,27)/t14-,15+,18+,19-,23-,37-/m0/s1. The van der Waals surface area contributed by atoms with Crippen LogP contribution in [0.3, 0.4) is 0 Å². The first-order valence-corrected chi connectivity index (χ1v) is 13.3. The normalized spacial score (nSPS) is 24.4. The quantitative estimate of drug-likeness (QED) is 0.243. The summed E-state index contributed by atoms with van der Waals surface area (Å²) in [6.45, 7) is 8.13. The molecule has 3 aromatic rings. The fourth-order valence-corrected chi connectivity index (χ4v) is 5.44. The van der Waals surface area contributed by atoms with Gasteiger partial charge in [-0.2, -0.15) is 10.2 Å². The van der Waals surface area contributed by atoms with Crippen LogP contribution in [-0.2, 0) is 23.4 Å².